The number of fused-ring (bicyclic) bond motifs is 1. The minimum absolute atomic E-state index is 0.0954. The summed E-state index contributed by atoms with van der Waals surface area (Å²) in [6.07, 6.45) is 7.62. The van der Waals surface area contributed by atoms with Gasteiger partial charge in [-0.05, 0) is 56.4 Å². The van der Waals surface area contributed by atoms with Gasteiger partial charge < -0.3 is 15.5 Å². The molecule has 1 aromatic carbocycles. The van der Waals surface area contributed by atoms with Gasteiger partial charge in [-0.1, -0.05) is 41.1 Å². The van der Waals surface area contributed by atoms with Crippen molar-refractivity contribution in [2.45, 2.75) is 61.0 Å². The second-order valence-electron chi connectivity index (χ2n) is 8.79. The molecule has 0 radical (unpaired) electrons. The highest BCUT2D eigenvalue weighted by atomic mass is 127. The van der Waals surface area contributed by atoms with Crippen molar-refractivity contribution in [1.82, 2.24) is 4.98 Å². The fourth-order valence-electron chi connectivity index (χ4n) is 5.27. The van der Waals surface area contributed by atoms with E-state index in [2.05, 4.69) is 27.6 Å². The molecule has 2 aromatic rings. The molecule has 2 aliphatic rings. The number of pyridine rings is 1. The highest BCUT2D eigenvalue weighted by molar-refractivity contribution is 14.1. The fourth-order valence-corrected chi connectivity index (χ4v) is 7.14. The Labute approximate surface area is 204 Å². The molecule has 1 fully saturated rings. The summed E-state index contributed by atoms with van der Waals surface area (Å²) < 4.78 is 34.0. The number of benzene rings is 1. The highest BCUT2D eigenvalue weighted by Crippen LogP contribution is 2.57. The minimum atomic E-state index is -0.726. The van der Waals surface area contributed by atoms with Gasteiger partial charge in [-0.25, -0.2) is 8.78 Å². The molecule has 2 aliphatic carbocycles. The molecule has 1 saturated carbocycles. The third-order valence-electron chi connectivity index (χ3n) is 7.04. The van der Waals surface area contributed by atoms with Gasteiger partial charge in [0.25, 0.3) is 5.56 Å². The average molecular weight is 575 g/mol. The predicted octanol–water partition coefficient (Wildman–Crippen LogP) is 6.51. The van der Waals surface area contributed by atoms with Crippen LogP contribution in [0.2, 0.25) is 5.02 Å². The van der Waals surface area contributed by atoms with Crippen molar-refractivity contribution >= 4 is 45.0 Å². The monoisotopic (exact) mass is 574 g/mol. The van der Waals surface area contributed by atoms with Crippen LogP contribution in [-0.2, 0) is 0 Å². The number of H-pyrrole nitrogens is 1. The zero-order valence-electron chi connectivity index (χ0n) is 17.8. The van der Waals surface area contributed by atoms with Crippen molar-refractivity contribution in [1.29, 1.82) is 0 Å². The van der Waals surface area contributed by atoms with Crippen molar-refractivity contribution < 1.29 is 13.5 Å². The lowest BCUT2D eigenvalue weighted by atomic mass is 9.59. The molecule has 0 aliphatic heterocycles. The van der Waals surface area contributed by atoms with Gasteiger partial charge in [0.15, 0.2) is 0 Å². The molecule has 2 atom stereocenters. The predicted molar refractivity (Wildman–Crippen MR) is 133 cm³/mol. The van der Waals surface area contributed by atoms with E-state index in [0.29, 0.717) is 47.2 Å². The lowest BCUT2D eigenvalue weighted by Gasteiger charge is -2.53. The number of alkyl halides is 1. The van der Waals surface area contributed by atoms with Gasteiger partial charge in [0.1, 0.15) is 17.4 Å². The summed E-state index contributed by atoms with van der Waals surface area (Å²) in [5.41, 5.74) is 5.96. The second kappa shape index (κ2) is 9.06. The Balaban J connectivity index is 1.57. The van der Waals surface area contributed by atoms with Gasteiger partial charge in [0, 0.05) is 40.9 Å². The van der Waals surface area contributed by atoms with Gasteiger partial charge >= 0.3 is 0 Å². The summed E-state index contributed by atoms with van der Waals surface area (Å²) in [5.74, 6) is -0.454. The summed E-state index contributed by atoms with van der Waals surface area (Å²) in [5, 5.41) is 1.56. The molecular formula is C24H26ClF2IN2O2. The number of aromatic amines is 1. The van der Waals surface area contributed by atoms with E-state index in [-0.39, 0.29) is 24.1 Å². The van der Waals surface area contributed by atoms with Crippen LogP contribution in [0.1, 0.15) is 45.4 Å². The van der Waals surface area contributed by atoms with Crippen LogP contribution >= 0.6 is 34.2 Å². The Hall–Kier alpha value is -1.45. The van der Waals surface area contributed by atoms with Crippen LogP contribution in [0, 0.1) is 5.41 Å². The summed E-state index contributed by atoms with van der Waals surface area (Å²) in [4.78, 5) is 14.6. The van der Waals surface area contributed by atoms with Crippen LogP contribution in [0.15, 0.2) is 53.0 Å². The number of nitrogens with two attached hydrogens (primary N) is 1. The first-order chi connectivity index (χ1) is 15.2. The smallest absolute Gasteiger partial charge is 0.255 e. The first-order valence-corrected chi connectivity index (χ1v) is 12.3. The molecule has 1 heterocycles. The average Bonchev–Trinajstić information content (AvgIpc) is 2.75. The van der Waals surface area contributed by atoms with E-state index in [0.717, 1.165) is 12.5 Å². The molecule has 3 N–H and O–H groups in total. The normalized spacial score (nSPS) is 29.4. The standard InChI is InChI=1S/C24H26ClF2IN2O2/c1-2-20(29)23(24(28)12-14(26)11-15(27)13-24)8-5-16(6-9-23)32-19-4-3-18-17(21(19)25)7-10-30-22(18)31/h3-4,7,10-12,16,20H,2,5-6,8-9,13,29H2,1H3,(H,30,31)/t16-,20?,23-,24?. The molecule has 4 nitrogen and oxygen atoms in total. The number of hydrogen-bond donors (Lipinski definition) is 2. The highest BCUT2D eigenvalue weighted by Gasteiger charge is 2.54. The van der Waals surface area contributed by atoms with Crippen LogP contribution in [0.5, 0.6) is 5.75 Å². The third kappa shape index (κ3) is 4.12. The number of hydrogen-bond acceptors (Lipinski definition) is 3. The SMILES string of the molecule is CCC(N)[C@]1(C2(I)C=C(F)C=C(F)C2)CC[C@H](Oc2ccc3c(=O)[nH]ccc3c2Cl)CC1. The molecular weight excluding hydrogens is 549 g/mol. The number of nitrogens with one attached hydrogen (secondary N) is 1. The zero-order valence-corrected chi connectivity index (χ0v) is 20.7. The third-order valence-corrected chi connectivity index (χ3v) is 9.19. The van der Waals surface area contributed by atoms with Crippen molar-refractivity contribution in [3.05, 3.63) is 63.6 Å². The second-order valence-corrected chi connectivity index (χ2v) is 11.1. The molecule has 0 saturated heterocycles. The summed E-state index contributed by atoms with van der Waals surface area (Å²) >= 11 is 8.75. The molecule has 0 bridgehead atoms. The molecule has 1 aromatic heterocycles. The summed E-state index contributed by atoms with van der Waals surface area (Å²) in [6, 6.07) is 4.99. The van der Waals surface area contributed by atoms with Crippen molar-refractivity contribution in [3.8, 4) is 5.75 Å². The molecule has 32 heavy (non-hydrogen) atoms. The van der Waals surface area contributed by atoms with Crippen LogP contribution in [-0.4, -0.2) is 20.6 Å². The Morgan fingerprint density at radius 1 is 1.28 bits per heavy atom. The van der Waals surface area contributed by atoms with Crippen molar-refractivity contribution in [2.24, 2.45) is 11.1 Å². The Morgan fingerprint density at radius 2 is 2.00 bits per heavy atom. The van der Waals surface area contributed by atoms with Gasteiger partial charge in [0.05, 0.1) is 14.5 Å². The Morgan fingerprint density at radius 3 is 2.66 bits per heavy atom. The van der Waals surface area contributed by atoms with Crippen LogP contribution in [0.25, 0.3) is 10.8 Å². The van der Waals surface area contributed by atoms with Gasteiger partial charge in [-0.15, -0.1) is 0 Å². The van der Waals surface area contributed by atoms with E-state index in [9.17, 15) is 13.6 Å². The number of rotatable bonds is 5. The number of halogens is 4. The van der Waals surface area contributed by atoms with E-state index in [1.54, 1.807) is 30.5 Å². The quantitative estimate of drug-likeness (QED) is 0.316. The Bertz CT molecular complexity index is 1140. The number of ether oxygens (including phenoxy) is 1. The Kier molecular flexibility index (Phi) is 6.71. The molecule has 172 valence electrons. The zero-order chi connectivity index (χ0) is 23.1. The number of aromatic nitrogens is 1. The first-order valence-electron chi connectivity index (χ1n) is 10.8. The maximum absolute atomic E-state index is 14.3. The molecule has 0 amide bonds. The van der Waals surface area contributed by atoms with E-state index in [1.165, 1.54) is 0 Å². The molecule has 0 spiro atoms. The van der Waals surface area contributed by atoms with Gasteiger partial charge in [-0.3, -0.25) is 4.79 Å². The van der Waals surface area contributed by atoms with Crippen LogP contribution < -0.4 is 16.0 Å². The number of allylic oxidation sites excluding steroid dienone is 4. The van der Waals surface area contributed by atoms with Crippen molar-refractivity contribution in [3.63, 3.8) is 0 Å². The minimum Gasteiger partial charge on any atom is -0.489 e. The lowest BCUT2D eigenvalue weighted by Crippen LogP contribution is -2.56. The summed E-state index contributed by atoms with van der Waals surface area (Å²) in [6.45, 7) is 2.01. The molecule has 4 rings (SSSR count). The largest absolute Gasteiger partial charge is 0.489 e. The fraction of sp³-hybridized carbons (Fsp3) is 0.458. The lowest BCUT2D eigenvalue weighted by molar-refractivity contribution is 0.0435. The molecule has 2 unspecified atom stereocenters. The van der Waals surface area contributed by atoms with Gasteiger partial charge in [-0.2, -0.15) is 0 Å². The van der Waals surface area contributed by atoms with E-state index >= 15 is 0 Å². The van der Waals surface area contributed by atoms with Crippen LogP contribution in [0.4, 0.5) is 8.78 Å². The summed E-state index contributed by atoms with van der Waals surface area (Å²) in [7, 11) is 0. The van der Waals surface area contributed by atoms with Gasteiger partial charge in [0.2, 0.25) is 0 Å². The van der Waals surface area contributed by atoms with E-state index in [4.69, 9.17) is 22.1 Å². The topological polar surface area (TPSA) is 68.1 Å². The maximum Gasteiger partial charge on any atom is 0.255 e. The van der Waals surface area contributed by atoms with Crippen molar-refractivity contribution in [2.75, 3.05) is 0 Å². The van der Waals surface area contributed by atoms with E-state index < -0.39 is 20.5 Å². The molecule has 8 heteroatoms. The van der Waals surface area contributed by atoms with Crippen LogP contribution in [0.3, 0.4) is 0 Å². The van der Waals surface area contributed by atoms with E-state index in [1.807, 2.05) is 6.92 Å². The maximum atomic E-state index is 14.3. The first kappa shape index (κ1) is 23.7.